The molecule has 7 rings (SSSR count). The van der Waals surface area contributed by atoms with Crippen molar-refractivity contribution in [1.82, 2.24) is 0 Å². The molecule has 6 heteroatoms. The fourth-order valence-electron chi connectivity index (χ4n) is 11.3. The van der Waals surface area contributed by atoms with E-state index in [1.807, 2.05) is 0 Å². The van der Waals surface area contributed by atoms with Gasteiger partial charge in [-0.1, -0.05) is 38.8 Å². The highest BCUT2D eigenvalue weighted by atomic mass is 16.5. The Morgan fingerprint density at radius 2 is 0.919 bits per heavy atom. The number of ether oxygens (including phenoxy) is 2. The molecule has 0 amide bonds. The van der Waals surface area contributed by atoms with E-state index < -0.39 is 17.4 Å². The topological polar surface area (TPSA) is 86.7 Å². The summed E-state index contributed by atoms with van der Waals surface area (Å²) in [6.45, 7) is 8.45. The van der Waals surface area contributed by atoms with E-state index >= 15 is 0 Å². The normalized spacial score (nSPS) is 52.1. The number of hydrogen-bond donors (Lipinski definition) is 0. The van der Waals surface area contributed by atoms with Crippen LogP contribution in [0.4, 0.5) is 0 Å². The molecule has 7 aliphatic carbocycles. The zero-order valence-electron chi connectivity index (χ0n) is 22.9. The number of carbonyl (C=O) groups is 4. The number of fused-ring (bicyclic) bond motifs is 10. The third-order valence-corrected chi connectivity index (χ3v) is 13.0. The van der Waals surface area contributed by atoms with Crippen molar-refractivity contribution in [3.63, 3.8) is 0 Å². The molecule has 6 saturated carbocycles. The van der Waals surface area contributed by atoms with Crippen molar-refractivity contribution in [1.29, 1.82) is 0 Å². The van der Waals surface area contributed by atoms with Crippen LogP contribution in [0.25, 0.3) is 0 Å². The smallest absolute Gasteiger partial charge is 0.323 e. The lowest BCUT2D eigenvalue weighted by molar-refractivity contribution is -0.168. The van der Waals surface area contributed by atoms with Crippen LogP contribution in [0.2, 0.25) is 0 Å². The van der Waals surface area contributed by atoms with Crippen molar-refractivity contribution in [2.45, 2.75) is 53.4 Å². The SMILES string of the molecule is COC(=O)C1(C(=O)OC)CC(C2C3C4CC(C(C)C(=O)C4C)C23)=C(C2C3C4CC(C(C)C(=O)C4C)C23)C1. The van der Waals surface area contributed by atoms with Gasteiger partial charge in [0.05, 0.1) is 14.2 Å². The monoisotopic (exact) mass is 508 g/mol. The summed E-state index contributed by atoms with van der Waals surface area (Å²) in [6.07, 6.45) is 3.06. The first-order chi connectivity index (χ1) is 17.6. The largest absolute Gasteiger partial charge is 0.468 e. The molecule has 6 nitrogen and oxygen atoms in total. The van der Waals surface area contributed by atoms with E-state index in [0.717, 1.165) is 12.8 Å². The molecule has 7 aliphatic rings. The van der Waals surface area contributed by atoms with Crippen molar-refractivity contribution < 1.29 is 28.7 Å². The van der Waals surface area contributed by atoms with Crippen LogP contribution in [0, 0.1) is 88.3 Å². The van der Waals surface area contributed by atoms with Gasteiger partial charge >= 0.3 is 11.9 Å². The summed E-state index contributed by atoms with van der Waals surface area (Å²) in [5.74, 6) is 4.58. The number of esters is 2. The summed E-state index contributed by atoms with van der Waals surface area (Å²) in [5.41, 5.74) is 1.34. The van der Waals surface area contributed by atoms with Gasteiger partial charge < -0.3 is 9.47 Å². The van der Waals surface area contributed by atoms with Crippen LogP contribution in [0.5, 0.6) is 0 Å². The molecule has 0 aromatic heterocycles. The average molecular weight is 509 g/mol. The molecule has 0 aliphatic heterocycles. The molecular formula is C31H40O6. The van der Waals surface area contributed by atoms with Gasteiger partial charge in [0, 0.05) is 23.7 Å². The molecule has 0 heterocycles. The van der Waals surface area contributed by atoms with Crippen LogP contribution in [-0.2, 0) is 28.7 Å². The highest BCUT2D eigenvalue weighted by Crippen LogP contribution is 2.77. The second-order valence-electron chi connectivity index (χ2n) is 13.9. The van der Waals surface area contributed by atoms with E-state index in [4.69, 9.17) is 9.47 Å². The second-order valence-corrected chi connectivity index (χ2v) is 13.9. The zero-order valence-corrected chi connectivity index (χ0v) is 22.9. The van der Waals surface area contributed by atoms with E-state index in [2.05, 4.69) is 27.7 Å². The summed E-state index contributed by atoms with van der Waals surface area (Å²) in [4.78, 5) is 52.3. The van der Waals surface area contributed by atoms with Crippen molar-refractivity contribution in [3.05, 3.63) is 11.1 Å². The molecule has 0 spiro atoms. The Morgan fingerprint density at radius 1 is 0.622 bits per heavy atom. The van der Waals surface area contributed by atoms with Crippen LogP contribution >= 0.6 is 0 Å². The fourth-order valence-corrected chi connectivity index (χ4v) is 11.3. The first kappa shape index (κ1) is 24.1. The van der Waals surface area contributed by atoms with Gasteiger partial charge in [-0.15, -0.1) is 0 Å². The third-order valence-electron chi connectivity index (χ3n) is 13.0. The third kappa shape index (κ3) is 2.78. The van der Waals surface area contributed by atoms with Crippen molar-refractivity contribution in [2.75, 3.05) is 14.2 Å². The Balaban J connectivity index is 1.28. The molecule has 37 heavy (non-hydrogen) atoms. The van der Waals surface area contributed by atoms with Crippen molar-refractivity contribution in [3.8, 4) is 0 Å². The lowest BCUT2D eigenvalue weighted by Crippen LogP contribution is -2.40. The van der Waals surface area contributed by atoms with Gasteiger partial charge in [-0.3, -0.25) is 19.2 Å². The fraction of sp³-hybridized carbons (Fsp3) is 0.806. The Hall–Kier alpha value is -1.98. The Morgan fingerprint density at radius 3 is 1.19 bits per heavy atom. The van der Waals surface area contributed by atoms with Gasteiger partial charge in [0.25, 0.3) is 0 Å². The van der Waals surface area contributed by atoms with Gasteiger partial charge in [-0.2, -0.15) is 0 Å². The number of Topliss-reactive ketones (excluding diaryl/α,β-unsaturated/α-hetero) is 2. The molecule has 0 aromatic rings. The molecular weight excluding hydrogens is 468 g/mol. The first-order valence-corrected chi connectivity index (χ1v) is 14.5. The summed E-state index contributed by atoms with van der Waals surface area (Å²) in [6, 6.07) is 0. The van der Waals surface area contributed by atoms with Gasteiger partial charge in [0.15, 0.2) is 5.41 Å². The van der Waals surface area contributed by atoms with Gasteiger partial charge in [0.2, 0.25) is 0 Å². The van der Waals surface area contributed by atoms with Crippen molar-refractivity contribution in [2.24, 2.45) is 88.3 Å². The highest BCUT2D eigenvalue weighted by molar-refractivity contribution is 6.01. The predicted molar refractivity (Wildman–Crippen MR) is 134 cm³/mol. The number of ketones is 2. The van der Waals surface area contributed by atoms with Crippen LogP contribution in [0.15, 0.2) is 11.1 Å². The molecule has 200 valence electrons. The summed E-state index contributed by atoms with van der Waals surface area (Å²) in [5, 5.41) is 0. The maximum atomic E-state index is 13.3. The lowest BCUT2D eigenvalue weighted by Gasteiger charge is -2.35. The maximum Gasteiger partial charge on any atom is 0.323 e. The van der Waals surface area contributed by atoms with Gasteiger partial charge in [0.1, 0.15) is 11.6 Å². The summed E-state index contributed by atoms with van der Waals surface area (Å²) >= 11 is 0. The highest BCUT2D eigenvalue weighted by Gasteiger charge is 2.74. The van der Waals surface area contributed by atoms with E-state index in [1.54, 1.807) is 0 Å². The molecule has 4 bridgehead atoms. The maximum absolute atomic E-state index is 13.3. The Bertz CT molecular complexity index is 1010. The molecule has 12 atom stereocenters. The number of hydrogen-bond acceptors (Lipinski definition) is 6. The molecule has 12 unspecified atom stereocenters. The van der Waals surface area contributed by atoms with Crippen molar-refractivity contribution >= 4 is 23.5 Å². The summed E-state index contributed by atoms with van der Waals surface area (Å²) in [7, 11) is 2.72. The number of rotatable bonds is 4. The Kier molecular flexibility index (Phi) is 4.93. The number of methoxy groups -OCH3 is 2. The zero-order chi connectivity index (χ0) is 26.3. The molecule has 0 N–H and O–H groups in total. The number of carbonyl (C=O) groups excluding carboxylic acids is 4. The van der Waals surface area contributed by atoms with E-state index in [0.29, 0.717) is 83.6 Å². The minimum atomic E-state index is -1.30. The van der Waals surface area contributed by atoms with Crippen LogP contribution in [0.1, 0.15) is 53.4 Å². The standard InChI is InChI=1S/C31H40O6/c1-11-15-7-16(12(2)27(11)32)22-21(15)25(22)19-9-31(29(34)36-5,30(35)37-6)10-20(19)26-23-17-8-18(24(23)26)14(4)28(33)13(17)3/h11-18,21-26H,7-10H2,1-6H3. The second kappa shape index (κ2) is 7.57. The molecule has 0 aromatic carbocycles. The predicted octanol–water partition coefficient (Wildman–Crippen LogP) is 4.12. The Labute approximate surface area is 219 Å². The van der Waals surface area contributed by atoms with Gasteiger partial charge in [-0.25, -0.2) is 0 Å². The van der Waals surface area contributed by atoms with Crippen LogP contribution in [0.3, 0.4) is 0 Å². The number of allylic oxidation sites excluding steroid dienone is 2. The van der Waals surface area contributed by atoms with E-state index in [9.17, 15) is 19.2 Å². The molecule has 0 saturated heterocycles. The quantitative estimate of drug-likeness (QED) is 0.323. The molecule has 0 radical (unpaired) electrons. The van der Waals surface area contributed by atoms with E-state index in [1.165, 1.54) is 25.4 Å². The molecule has 6 fully saturated rings. The minimum absolute atomic E-state index is 0.0926. The minimum Gasteiger partial charge on any atom is -0.468 e. The lowest BCUT2D eigenvalue weighted by atomic mass is 9.68. The average Bonchev–Trinajstić information content (AvgIpc) is 3.64. The van der Waals surface area contributed by atoms with E-state index in [-0.39, 0.29) is 23.7 Å². The van der Waals surface area contributed by atoms with Crippen LogP contribution < -0.4 is 0 Å². The first-order valence-electron chi connectivity index (χ1n) is 14.5. The summed E-state index contributed by atoms with van der Waals surface area (Å²) < 4.78 is 10.5. The van der Waals surface area contributed by atoms with Gasteiger partial charge in [-0.05, 0) is 84.9 Å². The van der Waals surface area contributed by atoms with Crippen LogP contribution in [-0.4, -0.2) is 37.7 Å².